The van der Waals surface area contributed by atoms with Crippen molar-refractivity contribution in [3.8, 4) is 67.5 Å². The Kier molecular flexibility index (Phi) is 11.5. The SMILES string of the molecule is [2H]C([2H])([2H])c1cc(-c2cc(C([2H])(C)C)cc(C([2H])(C)C)c2)ccc1-n1c(-c2cc(C(C)(C)C)cc(C)c2O)nc2c(-c3cc(-c4cc(-c5ccc(C([2H])(C)C)cc5)ccn4)cc(C(C)(C)C)c3)cccc21.[Pt]. The summed E-state index contributed by atoms with van der Waals surface area (Å²) in [6, 6.07) is 39.9. The topological polar surface area (TPSA) is 50.9 Å². The van der Waals surface area contributed by atoms with E-state index in [0.717, 1.165) is 66.9 Å². The van der Waals surface area contributed by atoms with Gasteiger partial charge in [-0.2, -0.15) is 0 Å². The van der Waals surface area contributed by atoms with Crippen LogP contribution in [0.25, 0.3) is 72.7 Å². The van der Waals surface area contributed by atoms with E-state index in [1.165, 1.54) is 0 Å². The molecule has 0 aliphatic carbocycles. The molecule has 1 N–H and O–H groups in total. The van der Waals surface area contributed by atoms with Crippen LogP contribution in [0.5, 0.6) is 5.75 Å². The number of rotatable bonds is 9. The van der Waals surface area contributed by atoms with Crippen molar-refractivity contribution in [2.75, 3.05) is 0 Å². The van der Waals surface area contributed by atoms with Crippen LogP contribution in [0.2, 0.25) is 0 Å². The zero-order chi connectivity index (χ0) is 52.0. The van der Waals surface area contributed by atoms with E-state index in [-0.39, 0.29) is 43.2 Å². The molecule has 8 rings (SSSR count). The van der Waals surface area contributed by atoms with Gasteiger partial charge in [0.1, 0.15) is 11.6 Å². The second kappa shape index (κ2) is 18.6. The standard InChI is InChI=1S/C61H67N3O.Pt/c1-36(2)41-18-20-42(21-19-41)44-24-25-62-54(34-44)49-31-48(32-51(33-49)61(12,13)14)52-16-15-17-56-57(52)63-59(53-35-50(60(9,10)11)27-40(8)58(53)65)64(56)55-23-22-43(26-39(55)7)47-29-45(37(3)4)28-46(30-47)38(5)6;/h15-38,65H,1-14H3;/i7D3,36D,37D,38D;. The van der Waals surface area contributed by atoms with Gasteiger partial charge in [0.05, 0.1) is 28.0 Å². The Labute approximate surface area is 417 Å². The van der Waals surface area contributed by atoms with E-state index in [0.29, 0.717) is 39.2 Å². The Bertz CT molecular complexity index is 3300. The largest absolute Gasteiger partial charge is 0.507 e. The molecular formula is C61H67N3OPt. The minimum Gasteiger partial charge on any atom is -0.507 e. The maximum Gasteiger partial charge on any atom is 0.149 e. The summed E-state index contributed by atoms with van der Waals surface area (Å²) in [6.45, 7) is 23.3. The van der Waals surface area contributed by atoms with Gasteiger partial charge < -0.3 is 5.11 Å². The summed E-state index contributed by atoms with van der Waals surface area (Å²) in [7, 11) is 0. The number of aromatic nitrogens is 3. The zero-order valence-corrected chi connectivity index (χ0v) is 43.0. The van der Waals surface area contributed by atoms with Gasteiger partial charge in [0.2, 0.25) is 0 Å². The summed E-state index contributed by atoms with van der Waals surface area (Å²) >= 11 is 0. The van der Waals surface area contributed by atoms with E-state index < -0.39 is 24.5 Å². The van der Waals surface area contributed by atoms with Crippen LogP contribution >= 0.6 is 0 Å². The molecule has 6 aromatic carbocycles. The van der Waals surface area contributed by atoms with Gasteiger partial charge in [-0.15, -0.1) is 0 Å². The summed E-state index contributed by atoms with van der Waals surface area (Å²) in [5.41, 5.74) is 13.8. The number of aromatic hydroxyl groups is 1. The number of para-hydroxylation sites is 1. The van der Waals surface area contributed by atoms with Crippen LogP contribution in [0, 0.1) is 13.8 Å². The molecule has 0 spiro atoms. The van der Waals surface area contributed by atoms with Crippen LogP contribution in [0.1, 0.15) is 148 Å². The third kappa shape index (κ3) is 9.63. The molecule has 0 aliphatic heterocycles. The van der Waals surface area contributed by atoms with Crippen LogP contribution in [-0.2, 0) is 31.9 Å². The van der Waals surface area contributed by atoms with Crippen molar-refractivity contribution in [2.24, 2.45) is 0 Å². The number of pyridine rings is 1. The molecule has 0 radical (unpaired) electrons. The molecule has 0 amide bonds. The van der Waals surface area contributed by atoms with E-state index in [2.05, 4.69) is 77.9 Å². The first-order chi connectivity index (χ1) is 32.8. The number of nitrogens with zero attached hydrogens (tertiary/aromatic N) is 3. The number of imidazole rings is 1. The van der Waals surface area contributed by atoms with Gasteiger partial charge in [-0.1, -0.05) is 156 Å². The van der Waals surface area contributed by atoms with Gasteiger partial charge in [-0.25, -0.2) is 4.98 Å². The van der Waals surface area contributed by atoms with Gasteiger partial charge in [0, 0.05) is 46.6 Å². The molecule has 0 aliphatic rings. The van der Waals surface area contributed by atoms with Gasteiger partial charge in [0.25, 0.3) is 0 Å². The van der Waals surface area contributed by atoms with E-state index in [9.17, 15) is 5.11 Å². The fourth-order valence-corrected chi connectivity index (χ4v) is 8.55. The van der Waals surface area contributed by atoms with Gasteiger partial charge in [-0.05, 0) is 158 Å². The summed E-state index contributed by atoms with van der Waals surface area (Å²) < 4.78 is 55.5. The van der Waals surface area contributed by atoms with Crippen molar-refractivity contribution in [1.29, 1.82) is 0 Å². The molecule has 0 bridgehead atoms. The number of aryl methyl sites for hydroxylation is 2. The Morgan fingerprint density at radius 2 is 1.17 bits per heavy atom. The molecule has 0 fully saturated rings. The van der Waals surface area contributed by atoms with E-state index in [1.807, 2.05) is 138 Å². The average Bonchev–Trinajstić information content (AvgIpc) is 3.67. The van der Waals surface area contributed by atoms with Crippen molar-refractivity contribution < 1.29 is 34.4 Å². The van der Waals surface area contributed by atoms with Gasteiger partial charge in [-0.3, -0.25) is 9.55 Å². The van der Waals surface area contributed by atoms with Crippen LogP contribution in [0.4, 0.5) is 0 Å². The maximum atomic E-state index is 12.1. The number of hydrogen-bond acceptors (Lipinski definition) is 3. The van der Waals surface area contributed by atoms with Crippen LogP contribution in [0.15, 0.2) is 128 Å². The predicted octanol–water partition coefficient (Wildman–Crippen LogP) is 17.0. The quantitative estimate of drug-likeness (QED) is 0.157. The fourth-order valence-electron chi connectivity index (χ4n) is 8.55. The van der Waals surface area contributed by atoms with Crippen molar-refractivity contribution in [3.63, 3.8) is 0 Å². The minimum atomic E-state index is -2.59. The molecule has 0 saturated heterocycles. The molecule has 0 saturated carbocycles. The van der Waals surface area contributed by atoms with Gasteiger partial charge in [0.15, 0.2) is 0 Å². The van der Waals surface area contributed by atoms with Crippen LogP contribution in [0.3, 0.4) is 0 Å². The number of hydrogen-bond donors (Lipinski definition) is 1. The third-order valence-electron chi connectivity index (χ3n) is 12.7. The second-order valence-corrected chi connectivity index (χ2v) is 20.5. The van der Waals surface area contributed by atoms with Crippen LogP contribution < -0.4 is 0 Å². The summed E-state index contributed by atoms with van der Waals surface area (Å²) in [4.78, 5) is 10.4. The molecule has 342 valence electrons. The normalized spacial score (nSPS) is 14.1. The minimum absolute atomic E-state index is 0. The fraction of sp³-hybridized carbons (Fsp3) is 0.311. The predicted molar refractivity (Wildman–Crippen MR) is 277 cm³/mol. The Balaban J connectivity index is 0.00000760. The van der Waals surface area contributed by atoms with Crippen molar-refractivity contribution >= 4 is 11.0 Å². The molecular weight excluding hydrogens is 986 g/mol. The number of benzene rings is 6. The molecule has 2 aromatic heterocycles. The number of fused-ring (bicyclic) bond motifs is 1. The Morgan fingerprint density at radius 1 is 0.561 bits per heavy atom. The first-order valence-corrected chi connectivity index (χ1v) is 22.7. The zero-order valence-electron chi connectivity index (χ0n) is 46.7. The smallest absolute Gasteiger partial charge is 0.149 e. The third-order valence-corrected chi connectivity index (χ3v) is 12.7. The molecule has 66 heavy (non-hydrogen) atoms. The summed E-state index contributed by atoms with van der Waals surface area (Å²) in [6.07, 6.45) is 1.83. The molecule has 5 heteroatoms. The number of phenolic OH excluding ortho intramolecular Hbond substituents is 1. The molecule has 0 atom stereocenters. The van der Waals surface area contributed by atoms with E-state index >= 15 is 0 Å². The first kappa shape index (κ1) is 40.7. The first-order valence-electron chi connectivity index (χ1n) is 25.7. The molecule has 8 aromatic rings. The monoisotopic (exact) mass is 1060 g/mol. The molecule has 2 heterocycles. The van der Waals surface area contributed by atoms with Crippen molar-refractivity contribution in [1.82, 2.24) is 14.5 Å². The number of phenols is 1. The van der Waals surface area contributed by atoms with Crippen LogP contribution in [-0.4, -0.2) is 19.6 Å². The summed E-state index contributed by atoms with van der Waals surface area (Å²) in [5.74, 6) is -2.18. The van der Waals surface area contributed by atoms with Crippen molar-refractivity contribution in [2.45, 2.75) is 125 Å². The van der Waals surface area contributed by atoms with E-state index in [4.69, 9.17) is 18.2 Å². The maximum absolute atomic E-state index is 12.1. The average molecular weight is 1060 g/mol. The van der Waals surface area contributed by atoms with Gasteiger partial charge >= 0.3 is 0 Å². The van der Waals surface area contributed by atoms with Crippen molar-refractivity contribution in [3.05, 3.63) is 166 Å². The Morgan fingerprint density at radius 3 is 1.79 bits per heavy atom. The van der Waals surface area contributed by atoms with E-state index in [1.54, 1.807) is 6.07 Å². The molecule has 0 unspecified atom stereocenters. The summed E-state index contributed by atoms with van der Waals surface area (Å²) in [5, 5.41) is 12.1. The molecule has 4 nitrogen and oxygen atoms in total. The Hall–Kier alpha value is -5.57. The second-order valence-electron chi connectivity index (χ2n) is 20.5.